The van der Waals surface area contributed by atoms with Crippen molar-refractivity contribution in [3.63, 3.8) is 0 Å². The van der Waals surface area contributed by atoms with Crippen molar-refractivity contribution in [2.24, 2.45) is 0 Å². The van der Waals surface area contributed by atoms with E-state index in [1.54, 1.807) is 28.1 Å². The van der Waals surface area contributed by atoms with Gasteiger partial charge in [0, 0.05) is 64.0 Å². The van der Waals surface area contributed by atoms with E-state index in [0.29, 0.717) is 37.0 Å². The average Bonchev–Trinajstić information content (AvgIpc) is 3.82. The second-order valence-electron chi connectivity index (χ2n) is 14.0. The molecule has 0 spiro atoms. The highest BCUT2D eigenvalue weighted by molar-refractivity contribution is 7.91. The molecule has 2 fully saturated rings. The normalized spacial score (nSPS) is 19.1. The molecule has 0 unspecified atom stereocenters. The molecule has 3 aliphatic rings. The number of hydrogen-bond acceptors (Lipinski definition) is 10. The smallest absolute Gasteiger partial charge is 0.341 e. The summed E-state index contributed by atoms with van der Waals surface area (Å²) in [6.45, 7) is 8.76. The Kier molecular flexibility index (Phi) is 9.03. The van der Waals surface area contributed by atoms with Crippen LogP contribution < -0.4 is 20.1 Å². The van der Waals surface area contributed by atoms with E-state index in [1.165, 1.54) is 15.9 Å². The molecule has 1 aromatic heterocycles. The van der Waals surface area contributed by atoms with Crippen molar-refractivity contribution in [1.29, 1.82) is 0 Å². The fraction of sp³-hybridized carbons (Fsp3) is 0.514. The topological polar surface area (TPSA) is 133 Å². The van der Waals surface area contributed by atoms with Gasteiger partial charge in [0.2, 0.25) is 10.0 Å². The van der Waals surface area contributed by atoms with Crippen molar-refractivity contribution in [3.05, 3.63) is 67.8 Å². The lowest BCUT2D eigenvalue weighted by Gasteiger charge is -2.41. The molecule has 3 aromatic rings. The van der Waals surface area contributed by atoms with Crippen LogP contribution in [-0.2, 0) is 27.7 Å². The highest BCUT2D eigenvalue weighted by Gasteiger charge is 2.51. The van der Waals surface area contributed by atoms with Gasteiger partial charge in [0.1, 0.15) is 11.4 Å². The molecule has 2 amide bonds. The van der Waals surface area contributed by atoms with Crippen LogP contribution in [0.1, 0.15) is 62.7 Å². The first-order chi connectivity index (χ1) is 23.1. The Morgan fingerprint density at radius 1 is 1.10 bits per heavy atom. The summed E-state index contributed by atoms with van der Waals surface area (Å²) < 4.78 is 53.5. The van der Waals surface area contributed by atoms with E-state index >= 15 is 4.39 Å². The largest absolute Gasteiger partial charge is 0.422 e. The fourth-order valence-corrected chi connectivity index (χ4v) is 8.22. The number of sulfonamides is 1. The van der Waals surface area contributed by atoms with E-state index in [2.05, 4.69) is 27.6 Å². The highest BCUT2D eigenvalue weighted by Crippen LogP contribution is 2.42. The Labute approximate surface area is 285 Å². The summed E-state index contributed by atoms with van der Waals surface area (Å²) in [5.41, 5.74) is 3.70. The molecule has 49 heavy (non-hydrogen) atoms. The van der Waals surface area contributed by atoms with E-state index in [-0.39, 0.29) is 35.9 Å². The number of fused-ring (bicyclic) bond motifs is 3. The van der Waals surface area contributed by atoms with Crippen LogP contribution in [-0.4, -0.2) is 102 Å². The predicted octanol–water partition coefficient (Wildman–Crippen LogP) is 3.19. The second-order valence-corrected chi connectivity index (χ2v) is 16.2. The first-order valence-corrected chi connectivity index (χ1v) is 17.9. The molecule has 1 saturated carbocycles. The number of hydrogen-bond donors (Lipinski definition) is 1. The Balaban J connectivity index is 1.29. The number of carbonyl (C=O) groups is 2. The van der Waals surface area contributed by atoms with Crippen LogP contribution in [0.3, 0.4) is 0 Å². The van der Waals surface area contributed by atoms with Gasteiger partial charge >= 0.3 is 5.63 Å². The summed E-state index contributed by atoms with van der Waals surface area (Å²) in [6.07, 6.45) is 1.22. The molecule has 1 atom stereocenters. The van der Waals surface area contributed by atoms with Crippen LogP contribution in [0.15, 0.2) is 27.4 Å². The number of piperazine rings is 1. The van der Waals surface area contributed by atoms with Gasteiger partial charge in [-0.3, -0.25) is 14.5 Å². The summed E-state index contributed by atoms with van der Waals surface area (Å²) in [5.74, 6) is -2.59. The highest BCUT2D eigenvalue weighted by atomic mass is 32.2. The number of nitrogens with one attached hydrogen (secondary N) is 1. The number of halogens is 1. The number of anilines is 2. The van der Waals surface area contributed by atoms with Gasteiger partial charge in [0.25, 0.3) is 11.8 Å². The van der Waals surface area contributed by atoms with Gasteiger partial charge in [-0.05, 0) is 76.4 Å². The van der Waals surface area contributed by atoms with Gasteiger partial charge in [0.05, 0.1) is 46.3 Å². The molecule has 1 aliphatic carbocycles. The molecule has 0 bridgehead atoms. The Morgan fingerprint density at radius 2 is 1.82 bits per heavy atom. The maximum atomic E-state index is 15.6. The molecular formula is C35H44FN5O7S. The maximum absolute atomic E-state index is 15.6. The van der Waals surface area contributed by atoms with Crippen molar-refractivity contribution < 1.29 is 31.6 Å². The number of rotatable bonds is 8. The summed E-state index contributed by atoms with van der Waals surface area (Å²) >= 11 is 0. The quantitative estimate of drug-likeness (QED) is 0.350. The van der Waals surface area contributed by atoms with Crippen LogP contribution in [0.2, 0.25) is 0 Å². The number of amides is 2. The van der Waals surface area contributed by atoms with Crippen molar-refractivity contribution in [1.82, 2.24) is 14.5 Å². The maximum Gasteiger partial charge on any atom is 0.341 e. The molecule has 12 nitrogen and oxygen atoms in total. The first kappa shape index (κ1) is 34.8. The van der Waals surface area contributed by atoms with Crippen molar-refractivity contribution in [2.75, 3.05) is 70.8 Å². The van der Waals surface area contributed by atoms with E-state index < -0.39 is 38.0 Å². The van der Waals surface area contributed by atoms with E-state index in [1.807, 2.05) is 13.8 Å². The Morgan fingerprint density at radius 3 is 2.47 bits per heavy atom. The summed E-state index contributed by atoms with van der Waals surface area (Å²) in [4.78, 5) is 47.9. The lowest BCUT2D eigenvalue weighted by atomic mass is 9.92. The number of carbonyl (C=O) groups excluding carboxylic acids is 2. The van der Waals surface area contributed by atoms with Gasteiger partial charge in [-0.15, -0.1) is 0 Å². The minimum absolute atomic E-state index is 0.0698. The molecular weight excluding hydrogens is 653 g/mol. The third-order valence-electron chi connectivity index (χ3n) is 10.4. The SMILES string of the molecule is COC[C@H]1CN(c2cc(C)c3c4c(c(=O)oc3c2C)CN(C(=O)c2cc(N(C)C)c(C(=O)NS(=O)(=O)C3(C)CC3)cc2F)CC4)CCN1C. The zero-order valence-corrected chi connectivity index (χ0v) is 29.9. The first-order valence-electron chi connectivity index (χ1n) is 16.5. The number of nitrogens with zero attached hydrogens (tertiary/aromatic N) is 4. The summed E-state index contributed by atoms with van der Waals surface area (Å²) in [5, 5.41) is 0.858. The average molecular weight is 698 g/mol. The van der Waals surface area contributed by atoms with E-state index in [9.17, 15) is 22.8 Å². The Bertz CT molecular complexity index is 2020. The molecule has 6 rings (SSSR count). The van der Waals surface area contributed by atoms with Gasteiger partial charge in [-0.25, -0.2) is 22.3 Å². The lowest BCUT2D eigenvalue weighted by Crippen LogP contribution is -2.53. The van der Waals surface area contributed by atoms with Crippen LogP contribution in [0.5, 0.6) is 0 Å². The number of aryl methyl sites for hydroxylation is 2. The number of methoxy groups -OCH3 is 1. The van der Waals surface area contributed by atoms with Gasteiger partial charge < -0.3 is 23.9 Å². The third kappa shape index (κ3) is 6.18. The zero-order chi connectivity index (χ0) is 35.6. The molecule has 2 aromatic carbocycles. The van der Waals surface area contributed by atoms with Crippen LogP contribution >= 0.6 is 0 Å². The number of likely N-dealkylation sites (N-methyl/N-ethyl adjacent to an activating group) is 1. The van der Waals surface area contributed by atoms with Crippen LogP contribution in [0.25, 0.3) is 11.0 Å². The molecule has 2 aliphatic heterocycles. The fourth-order valence-electron chi connectivity index (χ4n) is 6.98. The Hall–Kier alpha value is -4.01. The van der Waals surface area contributed by atoms with E-state index in [0.717, 1.165) is 53.5 Å². The molecule has 0 radical (unpaired) electrons. The predicted molar refractivity (Wildman–Crippen MR) is 186 cm³/mol. The molecule has 14 heteroatoms. The second kappa shape index (κ2) is 12.7. The van der Waals surface area contributed by atoms with Crippen molar-refractivity contribution >= 4 is 44.2 Å². The number of ether oxygens (including phenoxy) is 1. The van der Waals surface area contributed by atoms with E-state index in [4.69, 9.17) is 9.15 Å². The molecule has 1 saturated heterocycles. The monoisotopic (exact) mass is 697 g/mol. The van der Waals surface area contributed by atoms with Crippen LogP contribution in [0.4, 0.5) is 15.8 Å². The zero-order valence-electron chi connectivity index (χ0n) is 29.1. The lowest BCUT2D eigenvalue weighted by molar-refractivity contribution is 0.0727. The standard InChI is InChI=1S/C35H44FN5O7S/c1-20-14-28(40-13-12-39(6)22(17-40)19-47-7)21(2)31-30(20)23-8-11-41(18-26(23)34(44)48-31)33(43)24-16-29(38(4)5)25(15-27(24)36)32(42)37-49(45,46)35(3)9-10-35/h14-16,22H,8-13,17-19H2,1-7H3,(H,37,42)/t22-/m1/s1. The summed E-state index contributed by atoms with van der Waals surface area (Å²) in [7, 11) is 3.05. The van der Waals surface area contributed by atoms with Gasteiger partial charge in [-0.1, -0.05) is 0 Å². The molecule has 264 valence electrons. The van der Waals surface area contributed by atoms with Crippen molar-refractivity contribution in [3.8, 4) is 0 Å². The van der Waals surface area contributed by atoms with Gasteiger partial charge in [0.15, 0.2) is 0 Å². The minimum atomic E-state index is -3.96. The summed E-state index contributed by atoms with van der Waals surface area (Å²) in [6, 6.07) is 4.51. The van der Waals surface area contributed by atoms with Crippen molar-refractivity contribution in [2.45, 2.75) is 57.4 Å². The molecule has 3 heterocycles. The third-order valence-corrected chi connectivity index (χ3v) is 12.6. The minimum Gasteiger partial charge on any atom is -0.422 e. The number of benzene rings is 2. The molecule has 1 N–H and O–H groups in total. The van der Waals surface area contributed by atoms with Gasteiger partial charge in [-0.2, -0.15) is 0 Å². The van der Waals surface area contributed by atoms with Crippen LogP contribution in [0, 0.1) is 19.7 Å².